The molecule has 1 spiro atoms. The molecule has 1 aliphatic carbocycles. The Balaban J connectivity index is 1.18. The fraction of sp³-hybridized carbons (Fsp3) is 0.273. The fourth-order valence-electron chi connectivity index (χ4n) is 6.72. The van der Waals surface area contributed by atoms with Gasteiger partial charge in [-0.3, -0.25) is 24.2 Å². The number of aryl methyl sites for hydroxylation is 2. The third-order valence-corrected chi connectivity index (χ3v) is 9.95. The van der Waals surface area contributed by atoms with E-state index in [9.17, 15) is 19.2 Å². The Hall–Kier alpha value is -4.78. The number of imide groups is 1. The number of likely N-dealkylation sites (N-methyl/N-ethyl adjacent to an activating group) is 1. The van der Waals surface area contributed by atoms with E-state index in [4.69, 9.17) is 32.9 Å². The van der Waals surface area contributed by atoms with Crippen LogP contribution in [0.4, 0.5) is 10.5 Å². The number of amides is 4. The van der Waals surface area contributed by atoms with Crippen LogP contribution >= 0.6 is 23.2 Å². The molecule has 2 saturated heterocycles. The summed E-state index contributed by atoms with van der Waals surface area (Å²) in [6, 6.07) is 13.7. The summed E-state index contributed by atoms with van der Waals surface area (Å²) in [5.41, 5.74) is 3.39. The molecule has 4 heterocycles. The molecule has 1 atom stereocenters. The molecule has 0 radical (unpaired) electrons. The van der Waals surface area contributed by atoms with Crippen LogP contribution in [0.1, 0.15) is 33.9 Å². The van der Waals surface area contributed by atoms with Gasteiger partial charge in [0.15, 0.2) is 0 Å². The molecule has 12 nitrogen and oxygen atoms in total. The molecule has 0 unspecified atom stereocenters. The summed E-state index contributed by atoms with van der Waals surface area (Å²) in [5.74, 6) is -0.342. The van der Waals surface area contributed by atoms with E-state index in [1.54, 1.807) is 25.3 Å². The number of hydrogen-bond acceptors (Lipinski definition) is 8. The smallest absolute Gasteiger partial charge is 0.324 e. The number of carbonyl (C=O) groups is 3. The van der Waals surface area contributed by atoms with Crippen LogP contribution in [-0.2, 0) is 18.3 Å². The number of anilines is 1. The molecule has 4 amide bonds. The summed E-state index contributed by atoms with van der Waals surface area (Å²) >= 11 is 13.9. The van der Waals surface area contributed by atoms with Gasteiger partial charge in [-0.1, -0.05) is 53.5 Å². The second kappa shape index (κ2) is 11.5. The van der Waals surface area contributed by atoms with Gasteiger partial charge in [0.1, 0.15) is 11.1 Å². The number of halogens is 2. The fourth-order valence-corrected chi connectivity index (χ4v) is 7.32. The van der Waals surface area contributed by atoms with Gasteiger partial charge in [0.2, 0.25) is 5.88 Å². The van der Waals surface area contributed by atoms with Crippen LogP contribution in [0.3, 0.4) is 0 Å². The molecule has 240 valence electrons. The lowest BCUT2D eigenvalue weighted by Crippen LogP contribution is -2.71. The number of carbonyl (C=O) groups excluding carboxylic acids is 3. The molecule has 2 fully saturated rings. The van der Waals surface area contributed by atoms with Gasteiger partial charge in [-0.25, -0.2) is 14.5 Å². The van der Waals surface area contributed by atoms with Crippen LogP contribution in [0, 0.1) is 0 Å². The van der Waals surface area contributed by atoms with E-state index in [0.717, 1.165) is 33.6 Å². The number of likely N-dealkylation sites (tertiary alicyclic amines) is 1. The number of pyridine rings is 1. The second-order valence-corrected chi connectivity index (χ2v) is 12.6. The first-order valence-electron chi connectivity index (χ1n) is 14.9. The van der Waals surface area contributed by atoms with Crippen molar-refractivity contribution in [2.75, 3.05) is 32.6 Å². The Bertz CT molecular complexity index is 2060. The van der Waals surface area contributed by atoms with Gasteiger partial charge in [-0.2, -0.15) is 5.10 Å². The molecule has 47 heavy (non-hydrogen) atoms. The van der Waals surface area contributed by atoms with Gasteiger partial charge >= 0.3 is 6.03 Å². The van der Waals surface area contributed by atoms with Gasteiger partial charge < -0.3 is 15.4 Å². The summed E-state index contributed by atoms with van der Waals surface area (Å²) in [5, 5.41) is 10.1. The molecule has 2 N–H and O–H groups in total. The van der Waals surface area contributed by atoms with Crippen molar-refractivity contribution in [3.8, 4) is 28.3 Å². The summed E-state index contributed by atoms with van der Waals surface area (Å²) in [6.45, 7) is 0.842. The average molecular weight is 675 g/mol. The predicted octanol–water partition coefficient (Wildman–Crippen LogP) is 4.30. The lowest BCUT2D eigenvalue weighted by molar-refractivity contribution is -0.137. The minimum absolute atomic E-state index is 0.00588. The highest BCUT2D eigenvalue weighted by atomic mass is 35.5. The molecule has 2 aliphatic heterocycles. The van der Waals surface area contributed by atoms with E-state index in [1.165, 1.54) is 26.4 Å². The number of benzene rings is 2. The first-order valence-corrected chi connectivity index (χ1v) is 15.6. The maximum atomic E-state index is 12.9. The molecular weight excluding hydrogens is 645 g/mol. The van der Waals surface area contributed by atoms with Crippen LogP contribution in [0.25, 0.3) is 22.4 Å². The number of rotatable bonds is 6. The minimum atomic E-state index is -0.874. The van der Waals surface area contributed by atoms with Crippen LogP contribution in [0.5, 0.6) is 5.88 Å². The number of methoxy groups -OCH3 is 1. The quantitative estimate of drug-likeness (QED) is 0.289. The van der Waals surface area contributed by atoms with Gasteiger partial charge in [-0.05, 0) is 36.6 Å². The SMILES string of the molecule is COc1nc(-c2cccc(-c3cccc(NC(=O)c4ccnn(C)c4=O)c3Cl)c2Cl)cc2c1[C@@H](N1CC3(C1)NC(=O)N(C)C3=O)CC2. The van der Waals surface area contributed by atoms with Gasteiger partial charge in [0.25, 0.3) is 17.4 Å². The zero-order valence-corrected chi connectivity index (χ0v) is 27.1. The Morgan fingerprint density at radius 3 is 2.43 bits per heavy atom. The zero-order chi connectivity index (χ0) is 33.2. The molecule has 3 aliphatic rings. The maximum absolute atomic E-state index is 12.9. The van der Waals surface area contributed by atoms with E-state index in [2.05, 4.69) is 20.6 Å². The van der Waals surface area contributed by atoms with Crippen LogP contribution < -0.4 is 20.9 Å². The molecule has 2 aromatic carbocycles. The van der Waals surface area contributed by atoms with Gasteiger partial charge in [0, 0.05) is 61.7 Å². The molecule has 0 bridgehead atoms. The number of urea groups is 1. The first kappa shape index (κ1) is 30.9. The van der Waals surface area contributed by atoms with Crippen LogP contribution in [0.15, 0.2) is 59.5 Å². The third kappa shape index (κ3) is 4.95. The molecular formula is C33H29Cl2N7O5. The Morgan fingerprint density at radius 2 is 1.72 bits per heavy atom. The predicted molar refractivity (Wildman–Crippen MR) is 176 cm³/mol. The Kier molecular flexibility index (Phi) is 7.53. The molecule has 14 heteroatoms. The summed E-state index contributed by atoms with van der Waals surface area (Å²) in [4.78, 5) is 58.3. The number of nitrogens with zero attached hydrogens (tertiary/aromatic N) is 5. The van der Waals surface area contributed by atoms with Crippen molar-refractivity contribution in [2.45, 2.75) is 24.4 Å². The van der Waals surface area contributed by atoms with Crippen molar-refractivity contribution < 1.29 is 19.1 Å². The lowest BCUT2D eigenvalue weighted by Gasteiger charge is -2.48. The van der Waals surface area contributed by atoms with Gasteiger partial charge in [0.05, 0.1) is 28.5 Å². The van der Waals surface area contributed by atoms with Crippen molar-refractivity contribution >= 4 is 46.7 Å². The van der Waals surface area contributed by atoms with E-state index >= 15 is 0 Å². The highest BCUT2D eigenvalue weighted by Crippen LogP contribution is 2.47. The molecule has 2 aromatic heterocycles. The molecule has 0 saturated carbocycles. The average Bonchev–Trinajstić information content (AvgIpc) is 3.56. The number of nitrogens with one attached hydrogen (secondary N) is 2. The Labute approximate surface area is 279 Å². The number of aromatic nitrogens is 3. The van der Waals surface area contributed by atoms with E-state index in [-0.39, 0.29) is 28.6 Å². The standard InChI is InChI=1S/C33H29Cl2N7O5/c1-40-31(45)33(39-32(40)46)15-42(16-33)24-11-10-17-14-23(38-29(47-3)25(17)24)20-8-4-6-18(26(20)34)19-7-5-9-22(27(19)35)37-28(43)21-12-13-36-41(2)30(21)44/h4-9,12-14,24H,10-11,15-16H2,1-3H3,(H,37,43)(H,39,46)/t24-/m0/s1. The minimum Gasteiger partial charge on any atom is -0.481 e. The Morgan fingerprint density at radius 1 is 1.02 bits per heavy atom. The molecule has 4 aromatic rings. The largest absolute Gasteiger partial charge is 0.481 e. The highest BCUT2D eigenvalue weighted by Gasteiger charge is 2.59. The first-order chi connectivity index (χ1) is 22.5. The van der Waals surface area contributed by atoms with E-state index in [0.29, 0.717) is 52.1 Å². The van der Waals surface area contributed by atoms with Crippen molar-refractivity contribution in [1.29, 1.82) is 0 Å². The highest BCUT2D eigenvalue weighted by molar-refractivity contribution is 6.39. The van der Waals surface area contributed by atoms with Crippen LogP contribution in [-0.4, -0.2) is 75.2 Å². The van der Waals surface area contributed by atoms with Crippen molar-refractivity contribution in [3.63, 3.8) is 0 Å². The second-order valence-electron chi connectivity index (χ2n) is 11.9. The number of ether oxygens (including phenoxy) is 1. The van der Waals surface area contributed by atoms with Crippen molar-refractivity contribution in [1.82, 2.24) is 29.9 Å². The zero-order valence-electron chi connectivity index (χ0n) is 25.6. The third-order valence-electron chi connectivity index (χ3n) is 9.14. The topological polar surface area (TPSA) is 139 Å². The summed E-state index contributed by atoms with van der Waals surface area (Å²) in [6.07, 6.45) is 2.97. The monoisotopic (exact) mass is 673 g/mol. The maximum Gasteiger partial charge on any atom is 0.324 e. The van der Waals surface area contributed by atoms with Crippen molar-refractivity contribution in [3.05, 3.63) is 91.8 Å². The van der Waals surface area contributed by atoms with Gasteiger partial charge in [-0.15, -0.1) is 0 Å². The summed E-state index contributed by atoms with van der Waals surface area (Å²) < 4.78 is 6.89. The van der Waals surface area contributed by atoms with Crippen molar-refractivity contribution in [2.24, 2.45) is 7.05 Å². The lowest BCUT2D eigenvalue weighted by atomic mass is 9.87. The van der Waals surface area contributed by atoms with E-state index in [1.807, 2.05) is 24.3 Å². The number of fused-ring (bicyclic) bond motifs is 1. The van der Waals surface area contributed by atoms with Crippen LogP contribution in [0.2, 0.25) is 10.0 Å². The number of hydrogen-bond donors (Lipinski definition) is 2. The normalized spacial score (nSPS) is 18.2. The molecule has 7 rings (SSSR count). The van der Waals surface area contributed by atoms with E-state index < -0.39 is 17.0 Å². The summed E-state index contributed by atoms with van der Waals surface area (Å²) in [7, 11) is 4.53.